The predicted octanol–water partition coefficient (Wildman–Crippen LogP) is 7.29. The number of rotatable bonds is 11. The third kappa shape index (κ3) is 11.0. The standard InChI is InChI=1S/C30H45N4O2P.C6H6.C2H6/c1-2-34-29(19-26(32-34)16-22-7-10-27(37)11-8-22)24-12-14-33(15-13-24)20-23-6-9-25(17-23)31-28(30(35)36)18-21-4-3-5-21;1-2-4-6-5-3-1;1-2/h7-8,10-11,19,21,23-25,28,31H,2-6,9,12-18,20,37H2,1H3,(H,35,36);1-6H;1-2H3. The maximum Gasteiger partial charge on any atom is 0.320 e. The molecule has 2 aromatic carbocycles. The van der Waals surface area contributed by atoms with Crippen LogP contribution >= 0.6 is 9.24 Å². The van der Waals surface area contributed by atoms with Gasteiger partial charge in [0.2, 0.25) is 0 Å². The number of likely N-dealkylation sites (tertiary alicyclic amines) is 1. The molecule has 4 atom stereocenters. The molecule has 1 aliphatic heterocycles. The number of carboxylic acids is 1. The minimum atomic E-state index is -0.662. The lowest BCUT2D eigenvalue weighted by molar-refractivity contribution is -0.140. The molecule has 2 aliphatic carbocycles. The molecule has 2 N–H and O–H groups in total. The lowest BCUT2D eigenvalue weighted by Crippen LogP contribution is -2.44. The molecular weight excluding hydrogens is 575 g/mol. The third-order valence-corrected chi connectivity index (χ3v) is 10.2. The maximum absolute atomic E-state index is 11.8. The van der Waals surface area contributed by atoms with Crippen LogP contribution in [0.15, 0.2) is 66.7 Å². The summed E-state index contributed by atoms with van der Waals surface area (Å²) in [4.78, 5) is 14.4. The molecule has 246 valence electrons. The number of carbonyl (C=O) groups is 1. The fourth-order valence-corrected chi connectivity index (χ4v) is 7.33. The molecular formula is C38H57N4O2P. The maximum atomic E-state index is 11.8. The van der Waals surface area contributed by atoms with Crippen LogP contribution < -0.4 is 10.6 Å². The Hall–Kier alpha value is -2.53. The second-order valence-electron chi connectivity index (χ2n) is 13.0. The summed E-state index contributed by atoms with van der Waals surface area (Å²) in [6.45, 7) is 10.6. The van der Waals surface area contributed by atoms with Crippen LogP contribution in [-0.2, 0) is 17.8 Å². The average molecular weight is 633 g/mol. The second-order valence-corrected chi connectivity index (χ2v) is 13.7. The third-order valence-electron chi connectivity index (χ3n) is 9.79. The van der Waals surface area contributed by atoms with Crippen LogP contribution in [-0.4, -0.2) is 57.5 Å². The van der Waals surface area contributed by atoms with E-state index in [1.807, 2.05) is 50.2 Å². The molecule has 4 unspecified atom stereocenters. The average Bonchev–Trinajstić information content (AvgIpc) is 3.68. The van der Waals surface area contributed by atoms with Gasteiger partial charge in [0.1, 0.15) is 6.04 Å². The highest BCUT2D eigenvalue weighted by Crippen LogP contribution is 2.34. The lowest BCUT2D eigenvalue weighted by atomic mass is 9.80. The van der Waals surface area contributed by atoms with Crippen LogP contribution in [0.1, 0.15) is 101 Å². The quantitative estimate of drug-likeness (QED) is 0.217. The molecule has 0 amide bonds. The van der Waals surface area contributed by atoms with Crippen molar-refractivity contribution < 1.29 is 9.90 Å². The van der Waals surface area contributed by atoms with Gasteiger partial charge in [0.05, 0.1) is 5.69 Å². The van der Waals surface area contributed by atoms with E-state index in [-0.39, 0.29) is 6.04 Å². The van der Waals surface area contributed by atoms with Gasteiger partial charge >= 0.3 is 5.97 Å². The van der Waals surface area contributed by atoms with E-state index in [0.29, 0.717) is 23.8 Å². The Labute approximate surface area is 274 Å². The summed E-state index contributed by atoms with van der Waals surface area (Å²) in [5.74, 6) is 1.24. The first-order chi connectivity index (χ1) is 22.0. The summed E-state index contributed by atoms with van der Waals surface area (Å²) >= 11 is 0. The van der Waals surface area contributed by atoms with Gasteiger partial charge in [-0.1, -0.05) is 93.8 Å². The van der Waals surface area contributed by atoms with E-state index >= 15 is 0 Å². The van der Waals surface area contributed by atoms with Crippen LogP contribution in [0, 0.1) is 11.8 Å². The lowest BCUT2D eigenvalue weighted by Gasteiger charge is -2.34. The Kier molecular flexibility index (Phi) is 14.6. The van der Waals surface area contributed by atoms with Gasteiger partial charge in [0, 0.05) is 37.2 Å². The van der Waals surface area contributed by atoms with E-state index in [2.05, 4.69) is 61.4 Å². The summed E-state index contributed by atoms with van der Waals surface area (Å²) in [6.07, 6.45) is 11.3. The zero-order valence-corrected chi connectivity index (χ0v) is 29.1. The molecule has 1 aromatic heterocycles. The van der Waals surface area contributed by atoms with Gasteiger partial charge in [0.15, 0.2) is 0 Å². The van der Waals surface area contributed by atoms with Crippen molar-refractivity contribution in [3.05, 3.63) is 83.7 Å². The number of piperidine rings is 1. The largest absolute Gasteiger partial charge is 0.480 e. The SMILES string of the molecule is CC.CCn1nc(Cc2ccc(P)cc2)cc1C1CCN(CC2CCC(NC(CC3CCC3)C(=O)O)C2)CC1.c1ccccc1. The zero-order chi connectivity index (χ0) is 32.0. The molecule has 3 aliphatic rings. The molecule has 3 aromatic rings. The fraction of sp³-hybridized carbons (Fsp3) is 0.579. The molecule has 7 heteroatoms. The highest BCUT2D eigenvalue weighted by atomic mass is 31.0. The molecule has 45 heavy (non-hydrogen) atoms. The summed E-state index contributed by atoms with van der Waals surface area (Å²) < 4.78 is 2.23. The van der Waals surface area contributed by atoms with Gasteiger partial charge in [-0.3, -0.25) is 9.48 Å². The Morgan fingerprint density at radius 2 is 1.60 bits per heavy atom. The number of aryl methyl sites for hydroxylation is 1. The van der Waals surface area contributed by atoms with Crippen LogP contribution in [0.5, 0.6) is 0 Å². The van der Waals surface area contributed by atoms with E-state index in [1.165, 1.54) is 60.8 Å². The van der Waals surface area contributed by atoms with Crippen LogP contribution in [0.25, 0.3) is 0 Å². The number of nitrogens with one attached hydrogen (secondary N) is 1. The number of hydrogen-bond donors (Lipinski definition) is 2. The van der Waals surface area contributed by atoms with Gasteiger partial charge in [-0.2, -0.15) is 5.10 Å². The van der Waals surface area contributed by atoms with Gasteiger partial charge < -0.3 is 15.3 Å². The predicted molar refractivity (Wildman–Crippen MR) is 190 cm³/mol. The fourth-order valence-electron chi connectivity index (χ4n) is 7.14. The van der Waals surface area contributed by atoms with Crippen LogP contribution in [0.3, 0.4) is 0 Å². The topological polar surface area (TPSA) is 70.4 Å². The Morgan fingerprint density at radius 3 is 2.16 bits per heavy atom. The number of aliphatic carboxylic acids is 1. The molecule has 2 saturated carbocycles. The first-order valence-electron chi connectivity index (χ1n) is 17.6. The van der Waals surface area contributed by atoms with Crippen LogP contribution in [0.2, 0.25) is 0 Å². The van der Waals surface area contributed by atoms with Crippen molar-refractivity contribution in [2.45, 2.75) is 110 Å². The monoisotopic (exact) mass is 632 g/mol. The minimum absolute atomic E-state index is 0.358. The Morgan fingerprint density at radius 1 is 0.956 bits per heavy atom. The molecule has 0 radical (unpaired) electrons. The molecule has 2 heterocycles. The van der Waals surface area contributed by atoms with Crippen molar-refractivity contribution >= 4 is 20.5 Å². The highest BCUT2D eigenvalue weighted by Gasteiger charge is 2.33. The van der Waals surface area contributed by atoms with Crippen molar-refractivity contribution in [1.29, 1.82) is 0 Å². The zero-order valence-electron chi connectivity index (χ0n) is 27.9. The Balaban J connectivity index is 0.000000509. The number of nitrogens with zero attached hydrogens (tertiary/aromatic N) is 3. The van der Waals surface area contributed by atoms with Crippen LogP contribution in [0.4, 0.5) is 0 Å². The van der Waals surface area contributed by atoms with E-state index in [4.69, 9.17) is 5.10 Å². The smallest absolute Gasteiger partial charge is 0.320 e. The van der Waals surface area contributed by atoms with Gasteiger partial charge in [-0.05, 0) is 87.3 Å². The van der Waals surface area contributed by atoms with Gasteiger partial charge in [0.25, 0.3) is 0 Å². The van der Waals surface area contributed by atoms with Crippen molar-refractivity contribution in [1.82, 2.24) is 20.0 Å². The van der Waals surface area contributed by atoms with Crippen molar-refractivity contribution in [2.24, 2.45) is 11.8 Å². The van der Waals surface area contributed by atoms with E-state index in [9.17, 15) is 9.90 Å². The van der Waals surface area contributed by atoms with Gasteiger partial charge in [-0.25, -0.2) is 0 Å². The summed E-state index contributed by atoms with van der Waals surface area (Å²) in [5.41, 5.74) is 3.91. The minimum Gasteiger partial charge on any atom is -0.480 e. The second kappa shape index (κ2) is 18.6. The normalized spacial score (nSPS) is 21.2. The van der Waals surface area contributed by atoms with Crippen molar-refractivity contribution in [2.75, 3.05) is 19.6 Å². The van der Waals surface area contributed by atoms with Crippen molar-refractivity contribution in [3.8, 4) is 0 Å². The van der Waals surface area contributed by atoms with E-state index < -0.39 is 5.97 Å². The first kappa shape index (κ1) is 35.3. The highest BCUT2D eigenvalue weighted by molar-refractivity contribution is 7.27. The summed E-state index contributed by atoms with van der Waals surface area (Å²) in [6, 6.07) is 23.1. The molecule has 0 spiro atoms. The Bertz CT molecular complexity index is 1230. The summed E-state index contributed by atoms with van der Waals surface area (Å²) in [5, 5.41) is 19.4. The number of carboxylic acid groups (broad SMARTS) is 1. The number of hydrogen-bond acceptors (Lipinski definition) is 4. The summed E-state index contributed by atoms with van der Waals surface area (Å²) in [7, 11) is 2.75. The number of aromatic nitrogens is 2. The number of benzene rings is 2. The van der Waals surface area contributed by atoms with Gasteiger partial charge in [-0.15, -0.1) is 9.24 Å². The molecule has 0 bridgehead atoms. The molecule has 3 fully saturated rings. The van der Waals surface area contributed by atoms with E-state index in [1.54, 1.807) is 0 Å². The van der Waals surface area contributed by atoms with Crippen molar-refractivity contribution in [3.63, 3.8) is 0 Å². The molecule has 1 saturated heterocycles. The van der Waals surface area contributed by atoms with E-state index in [0.717, 1.165) is 51.9 Å². The molecule has 6 rings (SSSR count). The molecule has 6 nitrogen and oxygen atoms in total. The first-order valence-corrected chi connectivity index (χ1v) is 18.2.